The number of azide groups is 1. The Kier molecular flexibility index (Phi) is 10.8. The van der Waals surface area contributed by atoms with Crippen molar-refractivity contribution in [1.82, 2.24) is 9.55 Å². The number of phosphoric acid groups is 1. The van der Waals surface area contributed by atoms with E-state index < -0.39 is 37.4 Å². The number of aromatic nitrogens is 2. The number of hydrogen-bond acceptors (Lipinski definition) is 9. The predicted octanol–water partition coefficient (Wildman–Crippen LogP) is 3.46. The largest absolute Gasteiger partial charge is 0.474 e. The summed E-state index contributed by atoms with van der Waals surface area (Å²) in [4.78, 5) is 28.8. The topological polar surface area (TPSA) is 181 Å². The van der Waals surface area contributed by atoms with Gasteiger partial charge in [0.15, 0.2) is 0 Å². The average Bonchev–Trinajstić information content (AvgIpc) is 3.18. The summed E-state index contributed by atoms with van der Waals surface area (Å²) in [6.07, 6.45) is 3.44. The first kappa shape index (κ1) is 26.8. The van der Waals surface area contributed by atoms with Crippen LogP contribution in [0.1, 0.15) is 57.2 Å². The lowest BCUT2D eigenvalue weighted by Crippen LogP contribution is -2.33. The number of ether oxygens (including phenoxy) is 1. The predicted molar refractivity (Wildman–Crippen MR) is 117 cm³/mol. The molecule has 33 heavy (non-hydrogen) atoms. The zero-order chi connectivity index (χ0) is 24.3. The number of rotatable bonds is 14. The molecule has 1 aromatic heterocycles. The quantitative estimate of drug-likeness (QED) is 0.137. The van der Waals surface area contributed by atoms with Crippen molar-refractivity contribution in [2.24, 2.45) is 5.11 Å². The highest BCUT2D eigenvalue weighted by atomic mass is 31.2. The monoisotopic (exact) mass is 484 g/mol. The van der Waals surface area contributed by atoms with Gasteiger partial charge in [-0.25, -0.2) is 9.36 Å². The molecule has 2 heterocycles. The molecule has 1 aliphatic heterocycles. The Morgan fingerprint density at radius 1 is 1.33 bits per heavy atom. The van der Waals surface area contributed by atoms with Crippen molar-refractivity contribution in [1.29, 1.82) is 5.26 Å². The third-order valence-corrected chi connectivity index (χ3v) is 6.43. The second-order valence-electron chi connectivity index (χ2n) is 7.49. The smallest absolute Gasteiger partial charge is 0.352 e. The van der Waals surface area contributed by atoms with Crippen molar-refractivity contribution in [3.05, 3.63) is 43.0 Å². The van der Waals surface area contributed by atoms with E-state index >= 15 is 0 Å². The van der Waals surface area contributed by atoms with E-state index in [4.69, 9.17) is 29.1 Å². The van der Waals surface area contributed by atoms with Crippen LogP contribution in [0.25, 0.3) is 10.4 Å². The maximum absolute atomic E-state index is 13.0. The highest BCUT2D eigenvalue weighted by Crippen LogP contribution is 2.50. The Morgan fingerprint density at radius 2 is 2.09 bits per heavy atom. The van der Waals surface area contributed by atoms with Crippen LogP contribution >= 0.6 is 7.82 Å². The normalized spacial score (nSPS) is 21.8. The molecule has 14 heteroatoms. The molecule has 13 nitrogen and oxygen atoms in total. The zero-order valence-electron chi connectivity index (χ0n) is 18.7. The molecule has 0 amide bonds. The molecule has 1 N–H and O–H groups in total. The molecule has 182 valence electrons. The van der Waals surface area contributed by atoms with E-state index in [-0.39, 0.29) is 32.7 Å². The van der Waals surface area contributed by atoms with Gasteiger partial charge in [0.05, 0.1) is 44.5 Å². The van der Waals surface area contributed by atoms with Crippen LogP contribution in [-0.2, 0) is 22.9 Å². The fraction of sp³-hybridized carbons (Fsp3) is 0.737. The third-order valence-electron chi connectivity index (χ3n) is 4.97. The SMILES string of the molecule is CCCCCCOP(=O)(OCCC#N)OC[C@H]1O[C@@H](n2cc(C)c(=O)[nH]c2=O)C[C@@H]1N=[N+]=[N-]. The van der Waals surface area contributed by atoms with Crippen molar-refractivity contribution in [3.63, 3.8) is 0 Å². The highest BCUT2D eigenvalue weighted by molar-refractivity contribution is 7.48. The van der Waals surface area contributed by atoms with Crippen LogP contribution < -0.4 is 11.2 Å². The van der Waals surface area contributed by atoms with Gasteiger partial charge in [-0.05, 0) is 18.9 Å². The molecule has 1 unspecified atom stereocenters. The fourth-order valence-corrected chi connectivity index (χ4v) is 4.43. The van der Waals surface area contributed by atoms with E-state index in [1.54, 1.807) is 6.92 Å². The van der Waals surface area contributed by atoms with E-state index in [0.717, 1.165) is 19.3 Å². The number of hydrogen-bond donors (Lipinski definition) is 1. The van der Waals surface area contributed by atoms with Gasteiger partial charge in [-0.3, -0.25) is 27.9 Å². The molecule has 4 atom stereocenters. The van der Waals surface area contributed by atoms with Crippen molar-refractivity contribution < 1.29 is 22.9 Å². The molecule has 0 aliphatic carbocycles. The Bertz CT molecular complexity index is 1030. The zero-order valence-corrected chi connectivity index (χ0v) is 19.6. The van der Waals surface area contributed by atoms with Gasteiger partial charge in [0.1, 0.15) is 6.23 Å². The lowest BCUT2D eigenvalue weighted by atomic mass is 10.1. The minimum absolute atomic E-state index is 0.00434. The maximum atomic E-state index is 13.0. The Labute approximate surface area is 190 Å². The standard InChI is InChI=1S/C19H29N6O7P/c1-3-4-5-6-9-29-33(28,30-10-7-8-20)31-13-16-15(23-24-21)11-17(32-16)25-12-14(2)18(26)22-19(25)27/h12,15-17H,3-7,9-11,13H2,1-2H3,(H,22,26,27)/t15-,16+,17+,33?/m0/s1. The number of nitrogens with zero attached hydrogens (tertiary/aromatic N) is 5. The Hall–Kier alpha value is -2.45. The summed E-state index contributed by atoms with van der Waals surface area (Å²) in [5.41, 5.74) is 8.04. The van der Waals surface area contributed by atoms with Crippen molar-refractivity contribution in [2.45, 2.75) is 70.7 Å². The van der Waals surface area contributed by atoms with Crippen LogP contribution in [0.3, 0.4) is 0 Å². The third kappa shape index (κ3) is 8.12. The highest BCUT2D eigenvalue weighted by Gasteiger charge is 2.39. The summed E-state index contributed by atoms with van der Waals surface area (Å²) in [5, 5.41) is 12.4. The summed E-state index contributed by atoms with van der Waals surface area (Å²) in [7, 11) is -3.99. The first-order chi connectivity index (χ1) is 15.8. The van der Waals surface area contributed by atoms with Crippen LogP contribution in [0.2, 0.25) is 0 Å². The molecule has 0 aromatic carbocycles. The first-order valence-corrected chi connectivity index (χ1v) is 12.2. The van der Waals surface area contributed by atoms with Gasteiger partial charge in [0.2, 0.25) is 0 Å². The molecule has 1 fully saturated rings. The van der Waals surface area contributed by atoms with Crippen LogP contribution in [0.4, 0.5) is 0 Å². The molecule has 1 aliphatic rings. The molecule has 0 saturated carbocycles. The fourth-order valence-electron chi connectivity index (χ4n) is 3.21. The summed E-state index contributed by atoms with van der Waals surface area (Å²) in [5.74, 6) is 0. The van der Waals surface area contributed by atoms with E-state index in [1.165, 1.54) is 10.8 Å². The van der Waals surface area contributed by atoms with Gasteiger partial charge < -0.3 is 4.74 Å². The van der Waals surface area contributed by atoms with Gasteiger partial charge in [0, 0.05) is 23.1 Å². The van der Waals surface area contributed by atoms with Gasteiger partial charge in [-0.15, -0.1) is 0 Å². The van der Waals surface area contributed by atoms with E-state index in [1.807, 2.05) is 6.07 Å². The second-order valence-corrected chi connectivity index (χ2v) is 9.16. The summed E-state index contributed by atoms with van der Waals surface area (Å²) in [6, 6.07) is 1.16. The van der Waals surface area contributed by atoms with Crippen LogP contribution in [-0.4, -0.2) is 41.5 Å². The minimum atomic E-state index is -3.99. The lowest BCUT2D eigenvalue weighted by molar-refractivity contribution is -0.0303. The Balaban J connectivity index is 2.09. The van der Waals surface area contributed by atoms with Gasteiger partial charge in [-0.1, -0.05) is 31.3 Å². The van der Waals surface area contributed by atoms with Gasteiger partial charge in [-0.2, -0.15) is 5.26 Å². The van der Waals surface area contributed by atoms with Crippen molar-refractivity contribution in [2.75, 3.05) is 19.8 Å². The van der Waals surface area contributed by atoms with Crippen LogP contribution in [0.5, 0.6) is 0 Å². The number of H-pyrrole nitrogens is 1. The van der Waals surface area contributed by atoms with Gasteiger partial charge in [0.25, 0.3) is 5.56 Å². The number of aromatic amines is 1. The summed E-state index contributed by atoms with van der Waals surface area (Å²) < 4.78 is 36.1. The molecule has 2 rings (SSSR count). The number of nitriles is 1. The number of nitrogens with one attached hydrogen (secondary N) is 1. The molecule has 0 spiro atoms. The second kappa shape index (κ2) is 13.3. The van der Waals surface area contributed by atoms with E-state index in [9.17, 15) is 14.2 Å². The maximum Gasteiger partial charge on any atom is 0.474 e. The number of phosphoric ester groups is 1. The lowest BCUT2D eigenvalue weighted by Gasteiger charge is -2.21. The number of unbranched alkanes of at least 4 members (excludes halogenated alkanes) is 3. The van der Waals surface area contributed by atoms with Crippen LogP contribution in [0.15, 0.2) is 20.9 Å². The van der Waals surface area contributed by atoms with Crippen molar-refractivity contribution in [3.8, 4) is 6.07 Å². The average molecular weight is 484 g/mol. The molecule has 1 aromatic rings. The van der Waals surface area contributed by atoms with Crippen LogP contribution in [0, 0.1) is 18.3 Å². The van der Waals surface area contributed by atoms with Crippen molar-refractivity contribution >= 4 is 7.82 Å². The van der Waals surface area contributed by atoms with Gasteiger partial charge >= 0.3 is 13.5 Å². The molecule has 0 bridgehead atoms. The first-order valence-electron chi connectivity index (χ1n) is 10.8. The Morgan fingerprint density at radius 3 is 2.79 bits per heavy atom. The summed E-state index contributed by atoms with van der Waals surface area (Å²) in [6.45, 7) is 3.34. The van der Waals surface area contributed by atoms with E-state index in [0.29, 0.717) is 12.0 Å². The molecular weight excluding hydrogens is 455 g/mol. The minimum Gasteiger partial charge on any atom is -0.352 e. The molecular formula is C19H29N6O7P. The summed E-state index contributed by atoms with van der Waals surface area (Å²) >= 11 is 0. The molecule has 0 radical (unpaired) electrons. The molecule has 1 saturated heterocycles. The number of aryl methyl sites for hydroxylation is 1. The van der Waals surface area contributed by atoms with E-state index in [2.05, 4.69) is 21.9 Å².